The molecule has 0 aliphatic carbocycles. The standard InChI is InChI=1S/C23H20N4O/c1-4-21-25-20-10-6-8-18(12-11-17-14-24-26(3)15-17)22(20)23(28)27(21)19-9-5-7-16(2)13-19/h5-10,13-15H,4H2,1-3H3. The van der Waals surface area contributed by atoms with Gasteiger partial charge in [-0.25, -0.2) is 4.98 Å². The molecular formula is C23H20N4O. The van der Waals surface area contributed by atoms with Crippen LogP contribution in [0.15, 0.2) is 59.7 Å². The Labute approximate surface area is 163 Å². The molecule has 0 saturated heterocycles. The van der Waals surface area contributed by atoms with E-state index in [9.17, 15) is 4.79 Å². The molecule has 0 fully saturated rings. The Morgan fingerprint density at radius 2 is 1.93 bits per heavy atom. The van der Waals surface area contributed by atoms with E-state index >= 15 is 0 Å². The minimum atomic E-state index is -0.0939. The average molecular weight is 368 g/mol. The first kappa shape index (κ1) is 17.7. The first-order chi connectivity index (χ1) is 13.6. The molecule has 0 spiro atoms. The molecule has 0 bridgehead atoms. The van der Waals surface area contributed by atoms with Gasteiger partial charge in [-0.05, 0) is 36.8 Å². The van der Waals surface area contributed by atoms with E-state index < -0.39 is 0 Å². The lowest BCUT2D eigenvalue weighted by Gasteiger charge is -2.13. The summed E-state index contributed by atoms with van der Waals surface area (Å²) < 4.78 is 3.40. The minimum absolute atomic E-state index is 0.0939. The van der Waals surface area contributed by atoms with Crippen LogP contribution in [0.1, 0.15) is 29.4 Å². The lowest BCUT2D eigenvalue weighted by atomic mass is 10.1. The molecule has 0 aliphatic rings. The van der Waals surface area contributed by atoms with Crippen molar-refractivity contribution < 1.29 is 0 Å². The monoisotopic (exact) mass is 368 g/mol. The summed E-state index contributed by atoms with van der Waals surface area (Å²) in [6, 6.07) is 13.5. The maximum absolute atomic E-state index is 13.5. The summed E-state index contributed by atoms with van der Waals surface area (Å²) in [4.78, 5) is 18.3. The zero-order valence-electron chi connectivity index (χ0n) is 16.1. The van der Waals surface area contributed by atoms with Crippen LogP contribution in [0, 0.1) is 18.8 Å². The third-order valence-electron chi connectivity index (χ3n) is 4.59. The summed E-state index contributed by atoms with van der Waals surface area (Å²) in [7, 11) is 1.85. The molecular weight excluding hydrogens is 348 g/mol. The van der Waals surface area contributed by atoms with Crippen LogP contribution in [0.3, 0.4) is 0 Å². The van der Waals surface area contributed by atoms with E-state index in [2.05, 4.69) is 16.9 Å². The Hall–Kier alpha value is -3.65. The predicted octanol–water partition coefficient (Wildman–Crippen LogP) is 3.39. The molecule has 0 unspecified atom stereocenters. The van der Waals surface area contributed by atoms with Crippen LogP contribution in [0.5, 0.6) is 0 Å². The van der Waals surface area contributed by atoms with Crippen molar-refractivity contribution in [2.75, 3.05) is 0 Å². The van der Waals surface area contributed by atoms with Gasteiger partial charge in [0, 0.05) is 25.2 Å². The molecule has 5 nitrogen and oxygen atoms in total. The van der Waals surface area contributed by atoms with Gasteiger partial charge in [-0.3, -0.25) is 14.0 Å². The summed E-state index contributed by atoms with van der Waals surface area (Å²) in [5.74, 6) is 6.95. The molecule has 138 valence electrons. The van der Waals surface area contributed by atoms with Crippen LogP contribution < -0.4 is 5.56 Å². The Morgan fingerprint density at radius 3 is 2.64 bits per heavy atom. The number of hydrogen-bond donors (Lipinski definition) is 0. The topological polar surface area (TPSA) is 52.7 Å². The molecule has 2 aromatic heterocycles. The molecule has 2 heterocycles. The van der Waals surface area contributed by atoms with Crippen molar-refractivity contribution in [1.29, 1.82) is 0 Å². The van der Waals surface area contributed by atoms with Crippen molar-refractivity contribution in [3.05, 3.63) is 87.7 Å². The van der Waals surface area contributed by atoms with Crippen LogP contribution in [0.2, 0.25) is 0 Å². The second-order valence-corrected chi connectivity index (χ2v) is 6.71. The van der Waals surface area contributed by atoms with Crippen LogP contribution >= 0.6 is 0 Å². The molecule has 0 amide bonds. The normalized spacial score (nSPS) is 10.7. The highest BCUT2D eigenvalue weighted by atomic mass is 16.1. The molecule has 28 heavy (non-hydrogen) atoms. The molecule has 0 radical (unpaired) electrons. The van der Waals surface area contributed by atoms with E-state index in [0.717, 1.165) is 22.6 Å². The van der Waals surface area contributed by atoms with Gasteiger partial charge in [0.05, 0.1) is 28.4 Å². The van der Waals surface area contributed by atoms with E-state index in [4.69, 9.17) is 4.98 Å². The number of aryl methyl sites for hydroxylation is 3. The van der Waals surface area contributed by atoms with Crippen molar-refractivity contribution in [1.82, 2.24) is 19.3 Å². The summed E-state index contributed by atoms with van der Waals surface area (Å²) >= 11 is 0. The van der Waals surface area contributed by atoms with Crippen molar-refractivity contribution in [2.45, 2.75) is 20.3 Å². The minimum Gasteiger partial charge on any atom is -0.275 e. The van der Waals surface area contributed by atoms with Crippen molar-refractivity contribution >= 4 is 10.9 Å². The van der Waals surface area contributed by atoms with Crippen LogP contribution in [-0.4, -0.2) is 19.3 Å². The second-order valence-electron chi connectivity index (χ2n) is 6.71. The fourth-order valence-corrected chi connectivity index (χ4v) is 3.28. The SMILES string of the molecule is CCc1nc2cccc(C#Cc3cnn(C)c3)c2c(=O)n1-c1cccc(C)c1. The van der Waals surface area contributed by atoms with Crippen LogP contribution in [-0.2, 0) is 13.5 Å². The number of nitrogens with zero attached hydrogens (tertiary/aromatic N) is 4. The van der Waals surface area contributed by atoms with E-state index in [-0.39, 0.29) is 5.56 Å². The molecule has 4 rings (SSSR count). The predicted molar refractivity (Wildman–Crippen MR) is 111 cm³/mol. The number of hydrogen-bond acceptors (Lipinski definition) is 3. The van der Waals surface area contributed by atoms with Gasteiger partial charge in [-0.15, -0.1) is 0 Å². The zero-order valence-corrected chi connectivity index (χ0v) is 16.1. The fraction of sp³-hybridized carbons (Fsp3) is 0.174. The van der Waals surface area contributed by atoms with Gasteiger partial charge in [-0.2, -0.15) is 5.10 Å². The largest absolute Gasteiger partial charge is 0.275 e. The van der Waals surface area contributed by atoms with Crippen LogP contribution in [0.25, 0.3) is 16.6 Å². The summed E-state index contributed by atoms with van der Waals surface area (Å²) in [5, 5.41) is 4.67. The van der Waals surface area contributed by atoms with Gasteiger partial charge in [0.2, 0.25) is 0 Å². The highest BCUT2D eigenvalue weighted by Crippen LogP contribution is 2.17. The second kappa shape index (κ2) is 7.16. The Balaban J connectivity index is 1.98. The summed E-state index contributed by atoms with van der Waals surface area (Å²) in [6.45, 7) is 4.02. The summed E-state index contributed by atoms with van der Waals surface area (Å²) in [6.07, 6.45) is 4.21. The van der Waals surface area contributed by atoms with E-state index in [1.54, 1.807) is 15.4 Å². The molecule has 2 aromatic carbocycles. The molecule has 0 N–H and O–H groups in total. The van der Waals surface area contributed by atoms with Gasteiger partial charge in [0.15, 0.2) is 0 Å². The fourth-order valence-electron chi connectivity index (χ4n) is 3.28. The third-order valence-corrected chi connectivity index (χ3v) is 4.59. The lowest BCUT2D eigenvalue weighted by molar-refractivity contribution is 0.767. The first-order valence-corrected chi connectivity index (χ1v) is 9.19. The average Bonchev–Trinajstić information content (AvgIpc) is 3.11. The molecule has 5 heteroatoms. The Bertz CT molecular complexity index is 1300. The van der Waals surface area contributed by atoms with Gasteiger partial charge < -0.3 is 0 Å². The van der Waals surface area contributed by atoms with E-state index in [1.807, 2.05) is 69.6 Å². The van der Waals surface area contributed by atoms with Gasteiger partial charge in [-0.1, -0.05) is 37.0 Å². The van der Waals surface area contributed by atoms with E-state index in [1.165, 1.54) is 0 Å². The van der Waals surface area contributed by atoms with Crippen molar-refractivity contribution in [2.24, 2.45) is 7.05 Å². The number of benzene rings is 2. The Kier molecular flexibility index (Phi) is 4.54. The highest BCUT2D eigenvalue weighted by Gasteiger charge is 2.14. The number of aromatic nitrogens is 4. The van der Waals surface area contributed by atoms with E-state index in [0.29, 0.717) is 22.9 Å². The zero-order chi connectivity index (χ0) is 19.7. The molecule has 0 saturated carbocycles. The molecule has 4 aromatic rings. The first-order valence-electron chi connectivity index (χ1n) is 9.19. The smallest absolute Gasteiger partial charge is 0.267 e. The maximum Gasteiger partial charge on any atom is 0.267 e. The quantitative estimate of drug-likeness (QED) is 0.510. The maximum atomic E-state index is 13.5. The van der Waals surface area contributed by atoms with Crippen molar-refractivity contribution in [3.63, 3.8) is 0 Å². The number of rotatable bonds is 2. The Morgan fingerprint density at radius 1 is 1.11 bits per heavy atom. The molecule has 0 aliphatic heterocycles. The van der Waals surface area contributed by atoms with Gasteiger partial charge in [0.25, 0.3) is 5.56 Å². The summed E-state index contributed by atoms with van der Waals surface area (Å²) in [5.41, 5.74) is 3.97. The van der Waals surface area contributed by atoms with Crippen LogP contribution in [0.4, 0.5) is 0 Å². The van der Waals surface area contributed by atoms with Gasteiger partial charge in [0.1, 0.15) is 5.82 Å². The highest BCUT2D eigenvalue weighted by molar-refractivity contribution is 5.84. The third kappa shape index (κ3) is 3.21. The number of fused-ring (bicyclic) bond motifs is 1. The van der Waals surface area contributed by atoms with Crippen molar-refractivity contribution in [3.8, 4) is 17.5 Å². The molecule has 0 atom stereocenters. The van der Waals surface area contributed by atoms with Gasteiger partial charge >= 0.3 is 0 Å². The lowest BCUT2D eigenvalue weighted by Crippen LogP contribution is -2.24.